The van der Waals surface area contributed by atoms with Gasteiger partial charge in [0.15, 0.2) is 5.96 Å². The van der Waals surface area contributed by atoms with Crippen molar-refractivity contribution in [3.63, 3.8) is 0 Å². The van der Waals surface area contributed by atoms with E-state index in [1.165, 1.54) is 18.4 Å². The van der Waals surface area contributed by atoms with Crippen molar-refractivity contribution in [1.82, 2.24) is 15.5 Å². The van der Waals surface area contributed by atoms with E-state index in [4.69, 9.17) is 9.47 Å². The van der Waals surface area contributed by atoms with Gasteiger partial charge in [0, 0.05) is 26.7 Å². The largest absolute Gasteiger partial charge is 0.497 e. The Hall–Kier alpha value is -1.79. The highest BCUT2D eigenvalue weighted by molar-refractivity contribution is 5.79. The van der Waals surface area contributed by atoms with E-state index in [0.717, 1.165) is 50.9 Å². The Bertz CT molecular complexity index is 571. The maximum absolute atomic E-state index is 5.58. The molecule has 1 heterocycles. The van der Waals surface area contributed by atoms with Gasteiger partial charge in [-0.15, -0.1) is 0 Å². The van der Waals surface area contributed by atoms with Gasteiger partial charge in [0.2, 0.25) is 0 Å². The first-order chi connectivity index (χ1) is 13.1. The molecule has 0 bridgehead atoms. The van der Waals surface area contributed by atoms with E-state index >= 15 is 0 Å². The van der Waals surface area contributed by atoms with Crippen molar-refractivity contribution >= 4 is 5.96 Å². The van der Waals surface area contributed by atoms with Gasteiger partial charge in [0.1, 0.15) is 5.75 Å². The summed E-state index contributed by atoms with van der Waals surface area (Å²) < 4.78 is 11.0. The average molecular weight is 377 g/mol. The fourth-order valence-corrected chi connectivity index (χ4v) is 3.37. The maximum atomic E-state index is 5.58. The zero-order valence-corrected chi connectivity index (χ0v) is 17.3. The summed E-state index contributed by atoms with van der Waals surface area (Å²) in [6.45, 7) is 8.83. The van der Waals surface area contributed by atoms with Crippen LogP contribution in [0.5, 0.6) is 5.75 Å². The monoisotopic (exact) mass is 376 g/mol. The second-order valence-corrected chi connectivity index (χ2v) is 7.19. The van der Waals surface area contributed by atoms with Gasteiger partial charge in [-0.05, 0) is 63.9 Å². The molecule has 152 valence electrons. The molecule has 27 heavy (non-hydrogen) atoms. The summed E-state index contributed by atoms with van der Waals surface area (Å²) in [6, 6.07) is 8.71. The smallest absolute Gasteiger partial charge is 0.191 e. The summed E-state index contributed by atoms with van der Waals surface area (Å²) in [5, 5.41) is 6.88. The van der Waals surface area contributed by atoms with Crippen molar-refractivity contribution in [2.75, 3.05) is 46.9 Å². The molecule has 1 unspecified atom stereocenters. The van der Waals surface area contributed by atoms with Gasteiger partial charge in [-0.1, -0.05) is 12.1 Å². The van der Waals surface area contributed by atoms with Gasteiger partial charge in [-0.3, -0.25) is 9.89 Å². The summed E-state index contributed by atoms with van der Waals surface area (Å²) >= 11 is 0. The fourth-order valence-electron chi connectivity index (χ4n) is 3.37. The third kappa shape index (κ3) is 7.39. The van der Waals surface area contributed by atoms with E-state index in [0.29, 0.717) is 6.04 Å². The molecule has 2 N–H and O–H groups in total. The summed E-state index contributed by atoms with van der Waals surface area (Å²) in [7, 11) is 3.54. The highest BCUT2D eigenvalue weighted by Crippen LogP contribution is 2.27. The molecule has 1 aliphatic rings. The van der Waals surface area contributed by atoms with E-state index in [-0.39, 0.29) is 6.10 Å². The van der Waals surface area contributed by atoms with Crippen LogP contribution >= 0.6 is 0 Å². The first kappa shape index (κ1) is 21.5. The standard InChI is InChI=1S/C21H36N4O2/c1-17(2)27-14-8-11-23-21(22-3)24-16-20(25-12-5-6-13-25)18-9-7-10-19(15-18)26-4/h7,9-10,15,17,20H,5-6,8,11-14,16H2,1-4H3,(H2,22,23,24). The number of nitrogens with zero attached hydrogens (tertiary/aromatic N) is 2. The van der Waals surface area contributed by atoms with Crippen molar-refractivity contribution in [3.8, 4) is 5.75 Å². The quantitative estimate of drug-likeness (QED) is 0.374. The number of nitrogens with one attached hydrogen (secondary N) is 2. The minimum atomic E-state index is 0.284. The van der Waals surface area contributed by atoms with Crippen LogP contribution in [0.25, 0.3) is 0 Å². The highest BCUT2D eigenvalue weighted by atomic mass is 16.5. The topological polar surface area (TPSA) is 58.1 Å². The lowest BCUT2D eigenvalue weighted by Crippen LogP contribution is -2.43. The van der Waals surface area contributed by atoms with E-state index in [1.54, 1.807) is 7.11 Å². The molecule has 1 aliphatic heterocycles. The lowest BCUT2D eigenvalue weighted by atomic mass is 10.1. The van der Waals surface area contributed by atoms with Crippen molar-refractivity contribution in [2.24, 2.45) is 4.99 Å². The Morgan fingerprint density at radius 3 is 2.67 bits per heavy atom. The molecular formula is C21H36N4O2. The van der Waals surface area contributed by atoms with Crippen LogP contribution in [0.3, 0.4) is 0 Å². The highest BCUT2D eigenvalue weighted by Gasteiger charge is 2.24. The molecule has 0 radical (unpaired) electrons. The first-order valence-electron chi connectivity index (χ1n) is 10.1. The van der Waals surface area contributed by atoms with Crippen molar-refractivity contribution < 1.29 is 9.47 Å². The number of ether oxygens (including phenoxy) is 2. The van der Waals surface area contributed by atoms with Crippen molar-refractivity contribution in [2.45, 2.75) is 45.3 Å². The van der Waals surface area contributed by atoms with Crippen LogP contribution in [-0.2, 0) is 4.74 Å². The number of hydrogen-bond donors (Lipinski definition) is 2. The van der Waals surface area contributed by atoms with Crippen molar-refractivity contribution in [3.05, 3.63) is 29.8 Å². The summed E-state index contributed by atoms with van der Waals surface area (Å²) in [4.78, 5) is 6.90. The maximum Gasteiger partial charge on any atom is 0.191 e. The number of hydrogen-bond acceptors (Lipinski definition) is 4. The van der Waals surface area contributed by atoms with Crippen LogP contribution in [0.15, 0.2) is 29.3 Å². The predicted octanol–water partition coefficient (Wildman–Crippen LogP) is 2.81. The van der Waals surface area contributed by atoms with Gasteiger partial charge in [0.25, 0.3) is 0 Å². The Morgan fingerprint density at radius 1 is 1.22 bits per heavy atom. The Morgan fingerprint density at radius 2 is 2.00 bits per heavy atom. The Balaban J connectivity index is 1.90. The van der Waals surface area contributed by atoms with E-state index in [1.807, 2.05) is 13.1 Å². The molecule has 0 spiro atoms. The van der Waals surface area contributed by atoms with Crippen LogP contribution < -0.4 is 15.4 Å². The third-order valence-corrected chi connectivity index (χ3v) is 4.81. The van der Waals surface area contributed by atoms with Gasteiger partial charge >= 0.3 is 0 Å². The Labute approximate surface area is 164 Å². The lowest BCUT2D eigenvalue weighted by Gasteiger charge is -2.29. The summed E-state index contributed by atoms with van der Waals surface area (Å²) in [6.07, 6.45) is 3.78. The predicted molar refractivity (Wildman–Crippen MR) is 112 cm³/mol. The molecular weight excluding hydrogens is 340 g/mol. The molecule has 1 fully saturated rings. The first-order valence-corrected chi connectivity index (χ1v) is 10.1. The minimum Gasteiger partial charge on any atom is -0.497 e. The van der Waals surface area contributed by atoms with Crippen LogP contribution in [-0.4, -0.2) is 63.9 Å². The number of likely N-dealkylation sites (tertiary alicyclic amines) is 1. The molecule has 0 aromatic heterocycles. The minimum absolute atomic E-state index is 0.284. The SMILES string of the molecule is CN=C(NCCCOC(C)C)NCC(c1cccc(OC)c1)N1CCCC1. The molecule has 1 saturated heterocycles. The molecule has 0 aliphatic carbocycles. The molecule has 1 aromatic carbocycles. The van der Waals surface area contributed by atoms with Crippen molar-refractivity contribution in [1.29, 1.82) is 0 Å². The number of aliphatic imine (C=N–C) groups is 1. The second-order valence-electron chi connectivity index (χ2n) is 7.19. The second kappa shape index (κ2) is 11.8. The Kier molecular flexibility index (Phi) is 9.42. The summed E-state index contributed by atoms with van der Waals surface area (Å²) in [5.74, 6) is 1.75. The molecule has 6 nitrogen and oxygen atoms in total. The average Bonchev–Trinajstić information content (AvgIpc) is 3.20. The number of rotatable bonds is 10. The van der Waals surface area contributed by atoms with E-state index in [9.17, 15) is 0 Å². The molecule has 0 amide bonds. The fraction of sp³-hybridized carbons (Fsp3) is 0.667. The van der Waals surface area contributed by atoms with E-state index in [2.05, 4.69) is 52.6 Å². The molecule has 1 aromatic rings. The number of guanidine groups is 1. The van der Waals surface area contributed by atoms with Crippen LogP contribution in [0.4, 0.5) is 0 Å². The van der Waals surface area contributed by atoms with Gasteiger partial charge in [0.05, 0.1) is 19.3 Å². The van der Waals surface area contributed by atoms with Gasteiger partial charge in [-0.25, -0.2) is 0 Å². The zero-order chi connectivity index (χ0) is 19.5. The normalized spacial score (nSPS) is 16.6. The number of methoxy groups -OCH3 is 1. The molecule has 0 saturated carbocycles. The molecule has 2 rings (SSSR count). The molecule has 6 heteroatoms. The molecule has 1 atom stereocenters. The number of benzene rings is 1. The van der Waals surface area contributed by atoms with Crippen LogP contribution in [0, 0.1) is 0 Å². The summed E-state index contributed by atoms with van der Waals surface area (Å²) in [5.41, 5.74) is 1.28. The van der Waals surface area contributed by atoms with Gasteiger partial charge < -0.3 is 20.1 Å². The van der Waals surface area contributed by atoms with Crippen LogP contribution in [0.1, 0.15) is 44.7 Å². The third-order valence-electron chi connectivity index (χ3n) is 4.81. The zero-order valence-electron chi connectivity index (χ0n) is 17.3. The van der Waals surface area contributed by atoms with Crippen LogP contribution in [0.2, 0.25) is 0 Å². The van der Waals surface area contributed by atoms with Gasteiger partial charge in [-0.2, -0.15) is 0 Å². The lowest BCUT2D eigenvalue weighted by molar-refractivity contribution is 0.0776. The van der Waals surface area contributed by atoms with E-state index < -0.39 is 0 Å².